The molecule has 1 amide bonds. The van der Waals surface area contributed by atoms with Crippen molar-refractivity contribution in [2.75, 3.05) is 0 Å². The molecule has 1 fully saturated rings. The van der Waals surface area contributed by atoms with E-state index in [2.05, 4.69) is 5.32 Å². The van der Waals surface area contributed by atoms with Crippen LogP contribution in [0.25, 0.3) is 0 Å². The third-order valence-corrected chi connectivity index (χ3v) is 2.86. The molecule has 0 heterocycles. The number of hydrogen-bond donors (Lipinski definition) is 2. The number of carboxylic acids is 1. The van der Waals surface area contributed by atoms with Gasteiger partial charge in [-0.25, -0.2) is 0 Å². The van der Waals surface area contributed by atoms with E-state index in [1.165, 1.54) is 19.8 Å². The van der Waals surface area contributed by atoms with Gasteiger partial charge in [0.2, 0.25) is 5.91 Å². The molecule has 0 aromatic heterocycles. The van der Waals surface area contributed by atoms with Crippen molar-refractivity contribution in [1.82, 2.24) is 5.32 Å². The van der Waals surface area contributed by atoms with Gasteiger partial charge in [-0.05, 0) is 32.6 Å². The summed E-state index contributed by atoms with van der Waals surface area (Å²) in [6, 6.07) is 0.0832. The standard InChI is InChI=1S/C11H19NO3/c1-7(3-4-9-5-6-9)12-10(13)8(2)11(14)15/h7-9H,3-6H2,1-2H3,(H,12,13)(H,14,15). The molecule has 86 valence electrons. The average Bonchev–Trinajstić information content (AvgIpc) is 2.96. The quantitative estimate of drug-likeness (QED) is 0.655. The van der Waals surface area contributed by atoms with Crippen molar-refractivity contribution < 1.29 is 14.7 Å². The van der Waals surface area contributed by atoms with Gasteiger partial charge in [-0.2, -0.15) is 0 Å². The van der Waals surface area contributed by atoms with Crippen LogP contribution in [0, 0.1) is 11.8 Å². The second kappa shape index (κ2) is 5.14. The number of nitrogens with one attached hydrogen (secondary N) is 1. The van der Waals surface area contributed by atoms with Crippen LogP contribution < -0.4 is 5.32 Å². The molecule has 0 bridgehead atoms. The minimum absolute atomic E-state index is 0.0832. The lowest BCUT2D eigenvalue weighted by atomic mass is 10.1. The molecular formula is C11H19NO3. The first-order chi connectivity index (χ1) is 7.00. The van der Waals surface area contributed by atoms with E-state index in [4.69, 9.17) is 5.11 Å². The highest BCUT2D eigenvalue weighted by Crippen LogP contribution is 2.33. The van der Waals surface area contributed by atoms with Gasteiger partial charge in [0.05, 0.1) is 0 Å². The van der Waals surface area contributed by atoms with Crippen molar-refractivity contribution in [2.24, 2.45) is 11.8 Å². The normalized spacial score (nSPS) is 19.3. The number of amides is 1. The van der Waals surface area contributed by atoms with Gasteiger partial charge in [-0.3, -0.25) is 9.59 Å². The summed E-state index contributed by atoms with van der Waals surface area (Å²) in [7, 11) is 0. The fraction of sp³-hybridized carbons (Fsp3) is 0.818. The fourth-order valence-electron chi connectivity index (χ4n) is 1.44. The highest BCUT2D eigenvalue weighted by Gasteiger charge is 2.24. The van der Waals surface area contributed by atoms with E-state index in [0.29, 0.717) is 0 Å². The van der Waals surface area contributed by atoms with E-state index in [1.54, 1.807) is 0 Å². The Kier molecular flexibility index (Phi) is 4.12. The first-order valence-electron chi connectivity index (χ1n) is 5.54. The summed E-state index contributed by atoms with van der Waals surface area (Å²) in [5.74, 6) is -1.55. The molecule has 1 aliphatic rings. The highest BCUT2D eigenvalue weighted by molar-refractivity contribution is 5.96. The Morgan fingerprint density at radius 3 is 2.47 bits per heavy atom. The first-order valence-corrected chi connectivity index (χ1v) is 5.54. The molecule has 4 heteroatoms. The third kappa shape index (κ3) is 4.32. The molecule has 0 spiro atoms. The van der Waals surface area contributed by atoms with E-state index < -0.39 is 11.9 Å². The molecule has 0 aromatic carbocycles. The molecule has 1 aliphatic carbocycles. The Morgan fingerprint density at radius 2 is 2.00 bits per heavy atom. The number of aliphatic carboxylic acids is 1. The predicted octanol–water partition coefficient (Wildman–Crippen LogP) is 1.40. The van der Waals surface area contributed by atoms with Crippen molar-refractivity contribution in [1.29, 1.82) is 0 Å². The summed E-state index contributed by atoms with van der Waals surface area (Å²) in [6.07, 6.45) is 4.71. The lowest BCUT2D eigenvalue weighted by Gasteiger charge is -2.15. The molecule has 0 saturated heterocycles. The summed E-state index contributed by atoms with van der Waals surface area (Å²) >= 11 is 0. The zero-order valence-corrected chi connectivity index (χ0v) is 9.32. The number of carboxylic acid groups (broad SMARTS) is 1. The Hall–Kier alpha value is -1.06. The smallest absolute Gasteiger partial charge is 0.315 e. The van der Waals surface area contributed by atoms with Crippen LogP contribution >= 0.6 is 0 Å². The zero-order chi connectivity index (χ0) is 11.4. The van der Waals surface area contributed by atoms with Crippen LogP contribution in [0.15, 0.2) is 0 Å². The van der Waals surface area contributed by atoms with Gasteiger partial charge in [-0.15, -0.1) is 0 Å². The van der Waals surface area contributed by atoms with Gasteiger partial charge in [0.1, 0.15) is 5.92 Å². The largest absolute Gasteiger partial charge is 0.481 e. The second-order valence-corrected chi connectivity index (χ2v) is 4.49. The molecular weight excluding hydrogens is 194 g/mol. The predicted molar refractivity (Wildman–Crippen MR) is 56.4 cm³/mol. The summed E-state index contributed by atoms with van der Waals surface area (Å²) in [5.41, 5.74) is 0. The molecule has 2 atom stereocenters. The van der Waals surface area contributed by atoms with E-state index in [0.717, 1.165) is 18.8 Å². The Balaban J connectivity index is 2.20. The Morgan fingerprint density at radius 1 is 1.40 bits per heavy atom. The van der Waals surface area contributed by atoms with E-state index in [9.17, 15) is 9.59 Å². The van der Waals surface area contributed by atoms with Crippen LogP contribution in [-0.2, 0) is 9.59 Å². The van der Waals surface area contributed by atoms with E-state index in [1.807, 2.05) is 6.92 Å². The van der Waals surface area contributed by atoms with Gasteiger partial charge < -0.3 is 10.4 Å². The molecule has 0 aliphatic heterocycles. The van der Waals surface area contributed by atoms with Crippen LogP contribution in [0.3, 0.4) is 0 Å². The van der Waals surface area contributed by atoms with Gasteiger partial charge in [0, 0.05) is 6.04 Å². The van der Waals surface area contributed by atoms with Crippen LogP contribution in [0.1, 0.15) is 39.5 Å². The molecule has 1 saturated carbocycles. The number of rotatable bonds is 6. The molecule has 0 aromatic rings. The SMILES string of the molecule is CC(CCC1CC1)NC(=O)C(C)C(=O)O. The second-order valence-electron chi connectivity index (χ2n) is 4.49. The van der Waals surface area contributed by atoms with Crippen molar-refractivity contribution in [2.45, 2.75) is 45.6 Å². The molecule has 0 radical (unpaired) electrons. The summed E-state index contributed by atoms with van der Waals surface area (Å²) in [4.78, 5) is 21.9. The maximum Gasteiger partial charge on any atom is 0.315 e. The fourth-order valence-corrected chi connectivity index (χ4v) is 1.44. The topological polar surface area (TPSA) is 66.4 Å². The van der Waals surface area contributed by atoms with Crippen LogP contribution in [0.4, 0.5) is 0 Å². The van der Waals surface area contributed by atoms with Gasteiger partial charge >= 0.3 is 5.97 Å². The monoisotopic (exact) mass is 213 g/mol. The summed E-state index contributed by atoms with van der Waals surface area (Å²) < 4.78 is 0. The first kappa shape index (κ1) is 12.0. The van der Waals surface area contributed by atoms with Crippen molar-refractivity contribution >= 4 is 11.9 Å². The van der Waals surface area contributed by atoms with E-state index in [-0.39, 0.29) is 11.9 Å². The maximum absolute atomic E-state index is 11.4. The number of hydrogen-bond acceptors (Lipinski definition) is 2. The van der Waals surface area contributed by atoms with Crippen LogP contribution in [-0.4, -0.2) is 23.0 Å². The van der Waals surface area contributed by atoms with Crippen molar-refractivity contribution in [3.63, 3.8) is 0 Å². The highest BCUT2D eigenvalue weighted by atomic mass is 16.4. The molecule has 2 unspecified atom stereocenters. The molecule has 1 rings (SSSR count). The lowest BCUT2D eigenvalue weighted by molar-refractivity contribution is -0.146. The average molecular weight is 213 g/mol. The van der Waals surface area contributed by atoms with Crippen molar-refractivity contribution in [3.05, 3.63) is 0 Å². The van der Waals surface area contributed by atoms with Gasteiger partial charge in [0.25, 0.3) is 0 Å². The summed E-state index contributed by atoms with van der Waals surface area (Å²) in [5, 5.41) is 11.4. The van der Waals surface area contributed by atoms with Gasteiger partial charge in [-0.1, -0.05) is 12.8 Å². The number of carbonyl (C=O) groups is 2. The van der Waals surface area contributed by atoms with Crippen molar-refractivity contribution in [3.8, 4) is 0 Å². The van der Waals surface area contributed by atoms with Crippen LogP contribution in [0.2, 0.25) is 0 Å². The van der Waals surface area contributed by atoms with Crippen LogP contribution in [0.5, 0.6) is 0 Å². The van der Waals surface area contributed by atoms with E-state index >= 15 is 0 Å². The molecule has 2 N–H and O–H groups in total. The number of carbonyl (C=O) groups excluding carboxylic acids is 1. The maximum atomic E-state index is 11.4. The minimum Gasteiger partial charge on any atom is -0.481 e. The molecule has 15 heavy (non-hydrogen) atoms. The zero-order valence-electron chi connectivity index (χ0n) is 9.32. The Labute approximate surface area is 90.0 Å². The van der Waals surface area contributed by atoms with Gasteiger partial charge in [0.15, 0.2) is 0 Å². The Bertz CT molecular complexity index is 248. The minimum atomic E-state index is -1.07. The lowest BCUT2D eigenvalue weighted by Crippen LogP contribution is -2.39. The summed E-state index contributed by atoms with van der Waals surface area (Å²) in [6.45, 7) is 3.33. The molecule has 4 nitrogen and oxygen atoms in total. The third-order valence-electron chi connectivity index (χ3n) is 2.86.